The smallest absolute Gasteiger partial charge is 0.137 e. The van der Waals surface area contributed by atoms with Crippen LogP contribution in [0.2, 0.25) is 0 Å². The van der Waals surface area contributed by atoms with Crippen LogP contribution in [0.1, 0.15) is 41.3 Å². The first kappa shape index (κ1) is 14.7. The Bertz CT molecular complexity index is 561. The van der Waals surface area contributed by atoms with Gasteiger partial charge < -0.3 is 0 Å². The molecule has 2 rings (SSSR count). The van der Waals surface area contributed by atoms with Crippen molar-refractivity contribution in [3.8, 4) is 0 Å². The molecule has 0 spiro atoms. The molecule has 2 aromatic carbocycles. The van der Waals surface area contributed by atoms with E-state index in [4.69, 9.17) is 0 Å². The molecule has 0 N–H and O–H groups in total. The monoisotopic (exact) mass is 384 g/mol. The fourth-order valence-electron chi connectivity index (χ4n) is 1.95. The summed E-state index contributed by atoms with van der Waals surface area (Å²) >= 11 is 6.95. The molecule has 0 aliphatic heterocycles. The fraction of sp³-hybridized carbons (Fsp3) is 0.250. The molecule has 0 heterocycles. The minimum Gasteiger partial charge on any atom is -0.206 e. The van der Waals surface area contributed by atoms with E-state index >= 15 is 0 Å². The number of benzene rings is 2. The van der Waals surface area contributed by atoms with Crippen molar-refractivity contribution < 1.29 is 4.39 Å². The van der Waals surface area contributed by atoms with Gasteiger partial charge in [-0.25, -0.2) is 4.39 Å². The molecule has 1 atom stereocenters. The summed E-state index contributed by atoms with van der Waals surface area (Å²) in [4.78, 5) is -0.0150. The van der Waals surface area contributed by atoms with Gasteiger partial charge >= 0.3 is 0 Å². The molecule has 0 amide bonds. The van der Waals surface area contributed by atoms with Gasteiger partial charge in [-0.2, -0.15) is 0 Å². The number of hydrogen-bond donors (Lipinski definition) is 0. The average molecular weight is 386 g/mol. The molecular formula is C16H15Br2F. The molecule has 0 fully saturated rings. The standard InChI is InChI=1S/C16H15Br2F/c1-10(2)11-6-8-12(9-7-11)15(17)13-4-3-5-14(19)16(13)18/h3-10,15H,1-2H3. The second-order valence-corrected chi connectivity index (χ2v) is 6.54. The highest BCUT2D eigenvalue weighted by Gasteiger charge is 2.15. The van der Waals surface area contributed by atoms with E-state index in [-0.39, 0.29) is 10.6 Å². The van der Waals surface area contributed by atoms with Crippen LogP contribution in [0.15, 0.2) is 46.9 Å². The Morgan fingerprint density at radius 3 is 2.11 bits per heavy atom. The van der Waals surface area contributed by atoms with Gasteiger partial charge in [0.25, 0.3) is 0 Å². The zero-order valence-corrected chi connectivity index (χ0v) is 14.0. The first-order valence-electron chi connectivity index (χ1n) is 6.18. The Morgan fingerprint density at radius 1 is 0.947 bits per heavy atom. The summed E-state index contributed by atoms with van der Waals surface area (Å²) in [6, 6.07) is 13.5. The fourth-order valence-corrected chi connectivity index (χ4v) is 3.43. The van der Waals surface area contributed by atoms with Crippen molar-refractivity contribution >= 4 is 31.9 Å². The van der Waals surface area contributed by atoms with Crippen molar-refractivity contribution in [1.29, 1.82) is 0 Å². The molecule has 2 aromatic rings. The van der Waals surface area contributed by atoms with E-state index < -0.39 is 0 Å². The van der Waals surface area contributed by atoms with Gasteiger partial charge in [0, 0.05) is 0 Å². The summed E-state index contributed by atoms with van der Waals surface area (Å²) in [5.41, 5.74) is 3.33. The SMILES string of the molecule is CC(C)c1ccc(C(Br)c2cccc(F)c2Br)cc1. The topological polar surface area (TPSA) is 0 Å². The lowest BCUT2D eigenvalue weighted by Gasteiger charge is -2.14. The van der Waals surface area contributed by atoms with Crippen molar-refractivity contribution in [3.63, 3.8) is 0 Å². The van der Waals surface area contributed by atoms with Crippen LogP contribution in [-0.2, 0) is 0 Å². The second-order valence-electron chi connectivity index (χ2n) is 4.83. The van der Waals surface area contributed by atoms with Crippen molar-refractivity contribution in [2.75, 3.05) is 0 Å². The van der Waals surface area contributed by atoms with Crippen molar-refractivity contribution in [2.24, 2.45) is 0 Å². The number of hydrogen-bond acceptors (Lipinski definition) is 0. The van der Waals surface area contributed by atoms with E-state index in [0.717, 1.165) is 11.1 Å². The highest BCUT2D eigenvalue weighted by molar-refractivity contribution is 9.11. The summed E-state index contributed by atoms with van der Waals surface area (Å²) < 4.78 is 14.1. The average Bonchev–Trinajstić information content (AvgIpc) is 2.41. The largest absolute Gasteiger partial charge is 0.206 e. The number of halogens is 3. The molecule has 1 unspecified atom stereocenters. The molecule has 19 heavy (non-hydrogen) atoms. The van der Waals surface area contributed by atoms with Crippen LogP contribution < -0.4 is 0 Å². The lowest BCUT2D eigenvalue weighted by molar-refractivity contribution is 0.619. The second kappa shape index (κ2) is 6.19. The van der Waals surface area contributed by atoms with Crippen LogP contribution in [-0.4, -0.2) is 0 Å². The maximum absolute atomic E-state index is 13.6. The van der Waals surface area contributed by atoms with Crippen molar-refractivity contribution in [3.05, 3.63) is 69.4 Å². The van der Waals surface area contributed by atoms with E-state index in [2.05, 4.69) is 70.0 Å². The van der Waals surface area contributed by atoms with Crippen LogP contribution in [0, 0.1) is 5.82 Å². The Labute approximate surface area is 130 Å². The maximum Gasteiger partial charge on any atom is 0.137 e. The predicted molar refractivity (Wildman–Crippen MR) is 85.4 cm³/mol. The Kier molecular flexibility index (Phi) is 4.80. The maximum atomic E-state index is 13.6. The summed E-state index contributed by atoms with van der Waals surface area (Å²) in [5.74, 6) is 0.282. The zero-order valence-electron chi connectivity index (χ0n) is 10.8. The normalized spacial score (nSPS) is 12.7. The highest BCUT2D eigenvalue weighted by Crippen LogP contribution is 2.36. The Morgan fingerprint density at radius 2 is 1.53 bits per heavy atom. The Balaban J connectivity index is 2.33. The van der Waals surface area contributed by atoms with E-state index in [9.17, 15) is 4.39 Å². The van der Waals surface area contributed by atoms with E-state index in [1.807, 2.05) is 6.07 Å². The molecule has 3 heteroatoms. The van der Waals surface area contributed by atoms with Gasteiger partial charge in [-0.15, -0.1) is 0 Å². The number of alkyl halides is 1. The first-order valence-corrected chi connectivity index (χ1v) is 7.89. The van der Waals surface area contributed by atoms with Gasteiger partial charge in [0.05, 0.1) is 9.30 Å². The van der Waals surface area contributed by atoms with Crippen LogP contribution in [0.5, 0.6) is 0 Å². The highest BCUT2D eigenvalue weighted by atomic mass is 79.9. The van der Waals surface area contributed by atoms with Gasteiger partial charge in [0.2, 0.25) is 0 Å². The van der Waals surface area contributed by atoms with Gasteiger partial charge in [0.15, 0.2) is 0 Å². The molecule has 0 nitrogen and oxygen atoms in total. The third-order valence-corrected chi connectivity index (χ3v) is 5.01. The predicted octanol–water partition coefficient (Wildman–Crippen LogP) is 6.20. The van der Waals surface area contributed by atoms with Gasteiger partial charge in [0.1, 0.15) is 5.82 Å². The Hall–Kier alpha value is -0.670. The summed E-state index contributed by atoms with van der Waals surface area (Å²) in [6.07, 6.45) is 0. The van der Waals surface area contributed by atoms with Crippen molar-refractivity contribution in [2.45, 2.75) is 24.6 Å². The third-order valence-electron chi connectivity index (χ3n) is 3.15. The van der Waals surface area contributed by atoms with Crippen LogP contribution in [0.4, 0.5) is 4.39 Å². The van der Waals surface area contributed by atoms with Crippen LogP contribution in [0.25, 0.3) is 0 Å². The van der Waals surface area contributed by atoms with E-state index in [1.54, 1.807) is 6.07 Å². The summed E-state index contributed by atoms with van der Waals surface area (Å²) in [5, 5.41) is 0. The van der Waals surface area contributed by atoms with Gasteiger partial charge in [-0.05, 0) is 44.6 Å². The molecule has 0 aliphatic carbocycles. The molecule has 0 aliphatic rings. The van der Waals surface area contributed by atoms with Crippen LogP contribution in [0.3, 0.4) is 0 Å². The summed E-state index contributed by atoms with van der Waals surface area (Å²) in [7, 11) is 0. The lowest BCUT2D eigenvalue weighted by Crippen LogP contribution is -1.96. The molecule has 0 saturated heterocycles. The molecule has 0 aromatic heterocycles. The van der Waals surface area contributed by atoms with Gasteiger partial charge in [-0.1, -0.05) is 66.2 Å². The quantitative estimate of drug-likeness (QED) is 0.552. The number of rotatable bonds is 3. The molecule has 0 saturated carbocycles. The minimum atomic E-state index is -0.235. The lowest BCUT2D eigenvalue weighted by atomic mass is 9.99. The molecule has 0 bridgehead atoms. The van der Waals surface area contributed by atoms with Crippen LogP contribution >= 0.6 is 31.9 Å². The minimum absolute atomic E-state index is 0.0150. The third kappa shape index (κ3) is 3.26. The van der Waals surface area contributed by atoms with E-state index in [0.29, 0.717) is 10.4 Å². The molecule has 0 radical (unpaired) electrons. The first-order chi connectivity index (χ1) is 9.00. The van der Waals surface area contributed by atoms with Crippen molar-refractivity contribution in [1.82, 2.24) is 0 Å². The zero-order chi connectivity index (χ0) is 14.0. The summed E-state index contributed by atoms with van der Waals surface area (Å²) in [6.45, 7) is 4.34. The molecular weight excluding hydrogens is 371 g/mol. The molecule has 100 valence electrons. The van der Waals surface area contributed by atoms with E-state index in [1.165, 1.54) is 11.6 Å². The van der Waals surface area contributed by atoms with Gasteiger partial charge in [-0.3, -0.25) is 0 Å².